The zero-order valence-electron chi connectivity index (χ0n) is 23.2. The third kappa shape index (κ3) is 5.62. The second-order valence-electron chi connectivity index (χ2n) is 9.88. The van der Waals surface area contributed by atoms with Crippen molar-refractivity contribution in [3.63, 3.8) is 0 Å². The Labute approximate surface area is 257 Å². The molecule has 11 heteroatoms. The van der Waals surface area contributed by atoms with E-state index in [-0.39, 0.29) is 5.52 Å². The van der Waals surface area contributed by atoms with Gasteiger partial charge in [-0.1, -0.05) is 0 Å². The van der Waals surface area contributed by atoms with Gasteiger partial charge in [0, 0.05) is 0 Å². The number of anilines is 1. The second-order valence-corrected chi connectivity index (χ2v) is 15.7. The first-order valence-electron chi connectivity index (χ1n) is 13.7. The molecule has 0 spiro atoms. The van der Waals surface area contributed by atoms with Gasteiger partial charge in [0.2, 0.25) is 0 Å². The van der Waals surface area contributed by atoms with Crippen molar-refractivity contribution in [2.24, 2.45) is 4.99 Å². The molecular weight excluding hydrogens is 680 g/mol. The number of fused-ring (bicyclic) bond motifs is 2. The molecule has 1 aliphatic rings. The minimum absolute atomic E-state index is 0.211. The molecule has 220 valence electrons. The molecule has 0 saturated carbocycles. The van der Waals surface area contributed by atoms with Crippen molar-refractivity contribution in [2.75, 3.05) is 9.74 Å². The first-order chi connectivity index (χ1) is 21.3. The molecule has 0 amide bonds. The molecule has 44 heavy (non-hydrogen) atoms. The Morgan fingerprint density at radius 1 is 0.864 bits per heavy atom. The van der Waals surface area contributed by atoms with E-state index in [4.69, 9.17) is 9.73 Å². The number of aromatic nitrogens is 4. The SMILES string of the molecule is CCI1C(Nc2cccc(-c3ccncc3)c2)=Nc2cc(Oc3ccnc(-c4nc5cc(C(F)(F)F)ccc5[nH]4)c3)ccc21. The van der Waals surface area contributed by atoms with Crippen LogP contribution >= 0.6 is 19.8 Å². The monoisotopic (exact) mass is 704 g/mol. The van der Waals surface area contributed by atoms with E-state index in [1.54, 1.807) is 30.7 Å². The summed E-state index contributed by atoms with van der Waals surface area (Å²) in [5.74, 6) is 1.49. The Morgan fingerprint density at radius 2 is 1.70 bits per heavy atom. The summed E-state index contributed by atoms with van der Waals surface area (Å²) in [7, 11) is 0. The van der Waals surface area contributed by atoms with Crippen molar-refractivity contribution in [1.29, 1.82) is 0 Å². The van der Waals surface area contributed by atoms with Crippen LogP contribution in [0, 0.1) is 3.57 Å². The standard InChI is InChI=1S/C33H24F3IN6O/c1-2-37-26-8-7-24(18-28(26)43-32(37)40-23-5-3-4-21(16-23)20-10-13-38-14-11-20)44-25-12-15-39-30(19-25)31-41-27-9-6-22(33(34,35)36)17-29(27)42-31/h3-19H,2H2,1H3,(H,40,43)(H,41,42). The molecule has 0 bridgehead atoms. The molecule has 7 rings (SSSR count). The number of ether oxygens (including phenoxy) is 1. The Kier molecular flexibility index (Phi) is 7.24. The number of nitrogens with zero attached hydrogens (tertiary/aromatic N) is 4. The van der Waals surface area contributed by atoms with Crippen LogP contribution in [0.3, 0.4) is 0 Å². The molecule has 0 radical (unpaired) electrons. The van der Waals surface area contributed by atoms with Crippen molar-refractivity contribution in [3.8, 4) is 34.1 Å². The van der Waals surface area contributed by atoms with E-state index in [0.717, 1.165) is 42.9 Å². The van der Waals surface area contributed by atoms with E-state index in [1.807, 2.05) is 36.4 Å². The first kappa shape index (κ1) is 28.0. The Balaban J connectivity index is 1.12. The molecule has 4 heterocycles. The van der Waals surface area contributed by atoms with Crippen LogP contribution in [0.15, 0.2) is 109 Å². The molecule has 0 aliphatic carbocycles. The molecule has 2 N–H and O–H groups in total. The van der Waals surface area contributed by atoms with Gasteiger partial charge in [-0.05, 0) is 6.07 Å². The van der Waals surface area contributed by atoms with Crippen molar-refractivity contribution in [3.05, 3.63) is 113 Å². The summed E-state index contributed by atoms with van der Waals surface area (Å²) in [6, 6.07) is 25.1. The van der Waals surface area contributed by atoms with Crippen molar-refractivity contribution >= 4 is 46.1 Å². The third-order valence-electron chi connectivity index (χ3n) is 7.01. The topological polar surface area (TPSA) is 88.1 Å². The fraction of sp³-hybridized carbons (Fsp3) is 0.0909. The maximum atomic E-state index is 13.1. The molecule has 3 aromatic heterocycles. The molecule has 1 aliphatic heterocycles. The van der Waals surface area contributed by atoms with Gasteiger partial charge in [0.25, 0.3) is 0 Å². The van der Waals surface area contributed by atoms with Gasteiger partial charge in [0.05, 0.1) is 5.56 Å². The van der Waals surface area contributed by atoms with Crippen LogP contribution in [0.1, 0.15) is 12.5 Å². The zero-order chi connectivity index (χ0) is 30.3. The van der Waals surface area contributed by atoms with Crippen LogP contribution in [0.25, 0.3) is 33.7 Å². The average molecular weight is 704 g/mol. The summed E-state index contributed by atoms with van der Waals surface area (Å²) < 4.78 is 48.9. The van der Waals surface area contributed by atoms with Crippen molar-refractivity contribution < 1.29 is 17.9 Å². The fourth-order valence-electron chi connectivity index (χ4n) is 4.93. The number of aromatic amines is 1. The van der Waals surface area contributed by atoms with Gasteiger partial charge in [0.1, 0.15) is 0 Å². The molecule has 6 aromatic rings. The summed E-state index contributed by atoms with van der Waals surface area (Å²) in [6.07, 6.45) is 0.708. The van der Waals surface area contributed by atoms with E-state index < -0.39 is 31.6 Å². The number of amidine groups is 1. The molecule has 0 saturated heterocycles. The molecular formula is C33H24F3IN6O. The number of alkyl halides is 4. The Hall–Kier alpha value is -4.78. The van der Waals surface area contributed by atoms with Gasteiger partial charge in [-0.25, -0.2) is 0 Å². The first-order valence-corrected chi connectivity index (χ1v) is 17.4. The van der Waals surface area contributed by atoms with Crippen LogP contribution in [0.2, 0.25) is 0 Å². The Morgan fingerprint density at radius 3 is 2.52 bits per heavy atom. The van der Waals surface area contributed by atoms with Crippen LogP contribution in [0.5, 0.6) is 11.5 Å². The number of benzene rings is 3. The van der Waals surface area contributed by atoms with Crippen LogP contribution in [-0.4, -0.2) is 28.2 Å². The summed E-state index contributed by atoms with van der Waals surface area (Å²) in [4.78, 5) is 20.8. The minimum atomic E-state index is -4.44. The quantitative estimate of drug-likeness (QED) is 0.103. The van der Waals surface area contributed by atoms with E-state index in [1.165, 1.54) is 9.64 Å². The molecule has 3 aromatic carbocycles. The number of aliphatic imine (C=N–C) groups is 1. The summed E-state index contributed by atoms with van der Waals surface area (Å²) >= 11 is -1.75. The van der Waals surface area contributed by atoms with Gasteiger partial charge in [-0.2, -0.15) is 13.2 Å². The zero-order valence-corrected chi connectivity index (χ0v) is 25.4. The maximum absolute atomic E-state index is 13.1. The number of nitrogens with one attached hydrogen (secondary N) is 2. The second kappa shape index (κ2) is 11.4. The average Bonchev–Trinajstić information content (AvgIpc) is 3.61. The molecule has 7 nitrogen and oxygen atoms in total. The predicted octanol–water partition coefficient (Wildman–Crippen LogP) is 9.31. The van der Waals surface area contributed by atoms with Gasteiger partial charge in [-0.3, -0.25) is 0 Å². The number of H-pyrrole nitrogens is 1. The number of hydrogen-bond acceptors (Lipinski definition) is 6. The van der Waals surface area contributed by atoms with E-state index in [9.17, 15) is 13.2 Å². The fourth-order valence-corrected chi connectivity index (χ4v) is 9.77. The van der Waals surface area contributed by atoms with Gasteiger partial charge >= 0.3 is 234 Å². The predicted molar refractivity (Wildman–Crippen MR) is 174 cm³/mol. The van der Waals surface area contributed by atoms with Gasteiger partial charge in [-0.15, -0.1) is 0 Å². The van der Waals surface area contributed by atoms with Crippen molar-refractivity contribution in [2.45, 2.75) is 13.1 Å². The third-order valence-corrected chi connectivity index (χ3v) is 12.6. The van der Waals surface area contributed by atoms with E-state index in [2.05, 4.69) is 50.4 Å². The number of imidazole rings is 1. The Bertz CT molecular complexity index is 2030. The molecule has 0 atom stereocenters. The molecule has 0 unspecified atom stereocenters. The van der Waals surface area contributed by atoms with E-state index in [0.29, 0.717) is 28.5 Å². The summed E-state index contributed by atoms with van der Waals surface area (Å²) in [5.41, 5.74) is 4.49. The number of rotatable bonds is 6. The van der Waals surface area contributed by atoms with E-state index >= 15 is 0 Å². The van der Waals surface area contributed by atoms with Crippen LogP contribution < -0.4 is 10.1 Å². The van der Waals surface area contributed by atoms with Gasteiger partial charge in [0.15, 0.2) is 0 Å². The van der Waals surface area contributed by atoms with Gasteiger partial charge < -0.3 is 0 Å². The number of halogens is 4. The summed E-state index contributed by atoms with van der Waals surface area (Å²) in [5, 5.41) is 3.60. The van der Waals surface area contributed by atoms with Crippen LogP contribution in [-0.2, 0) is 6.18 Å². The number of pyridine rings is 2. The normalized spacial score (nSPS) is 13.5. The van der Waals surface area contributed by atoms with Crippen LogP contribution in [0.4, 0.5) is 24.5 Å². The van der Waals surface area contributed by atoms with Crippen molar-refractivity contribution in [1.82, 2.24) is 19.9 Å². The number of hydrogen-bond donors (Lipinski definition) is 2. The molecule has 0 fully saturated rings. The summed E-state index contributed by atoms with van der Waals surface area (Å²) in [6.45, 7) is 2.20.